The summed E-state index contributed by atoms with van der Waals surface area (Å²) in [6, 6.07) is 5.03. The second-order valence-electron chi connectivity index (χ2n) is 6.15. The lowest BCUT2D eigenvalue weighted by molar-refractivity contribution is 0.0600. The van der Waals surface area contributed by atoms with Crippen LogP contribution in [0.5, 0.6) is 0 Å². The number of methoxy groups -OCH3 is 1. The zero-order valence-electron chi connectivity index (χ0n) is 15.0. The van der Waals surface area contributed by atoms with E-state index in [1.807, 2.05) is 0 Å². The third kappa shape index (κ3) is 2.96. The highest BCUT2D eigenvalue weighted by molar-refractivity contribution is 6.02. The van der Waals surface area contributed by atoms with Crippen molar-refractivity contribution in [3.05, 3.63) is 65.6 Å². The molecule has 28 heavy (non-hydrogen) atoms. The Balaban J connectivity index is 1.64. The Bertz CT molecular complexity index is 1210. The molecule has 9 heteroatoms. The van der Waals surface area contributed by atoms with Gasteiger partial charge in [-0.1, -0.05) is 0 Å². The number of amides is 1. The van der Waals surface area contributed by atoms with E-state index < -0.39 is 17.8 Å². The summed E-state index contributed by atoms with van der Waals surface area (Å²) in [6.07, 6.45) is 4.68. The number of esters is 1. The number of nitrogens with one attached hydrogen (secondary N) is 1. The Morgan fingerprint density at radius 3 is 2.89 bits per heavy atom. The van der Waals surface area contributed by atoms with Crippen molar-refractivity contribution in [3.8, 4) is 0 Å². The molecule has 0 aliphatic rings. The zero-order chi connectivity index (χ0) is 19.8. The predicted molar refractivity (Wildman–Crippen MR) is 96.4 cm³/mol. The number of ether oxygens (including phenoxy) is 1. The summed E-state index contributed by atoms with van der Waals surface area (Å²) in [4.78, 5) is 28.6. The molecule has 4 rings (SSSR count). The van der Waals surface area contributed by atoms with Crippen LogP contribution in [-0.2, 0) is 4.74 Å². The van der Waals surface area contributed by atoms with Crippen LogP contribution < -0.4 is 5.32 Å². The van der Waals surface area contributed by atoms with Crippen LogP contribution in [0.4, 0.5) is 4.39 Å². The van der Waals surface area contributed by atoms with Crippen LogP contribution in [0.3, 0.4) is 0 Å². The molecule has 0 unspecified atom stereocenters. The minimum absolute atomic E-state index is 0.0193. The van der Waals surface area contributed by atoms with Crippen molar-refractivity contribution in [1.29, 1.82) is 0 Å². The van der Waals surface area contributed by atoms with Gasteiger partial charge in [0.25, 0.3) is 5.91 Å². The Morgan fingerprint density at radius 2 is 2.11 bits per heavy atom. The Labute approximate surface area is 157 Å². The number of aromatic nitrogens is 3. The lowest BCUT2D eigenvalue weighted by Crippen LogP contribution is -2.26. The van der Waals surface area contributed by atoms with Gasteiger partial charge in [0.15, 0.2) is 5.65 Å². The van der Waals surface area contributed by atoms with Crippen molar-refractivity contribution in [1.82, 2.24) is 19.9 Å². The molecule has 4 aromatic rings. The van der Waals surface area contributed by atoms with Crippen molar-refractivity contribution in [2.24, 2.45) is 0 Å². The number of fused-ring (bicyclic) bond motifs is 2. The van der Waals surface area contributed by atoms with Gasteiger partial charge >= 0.3 is 5.97 Å². The monoisotopic (exact) mass is 382 g/mol. The maximum Gasteiger partial charge on any atom is 0.341 e. The summed E-state index contributed by atoms with van der Waals surface area (Å²) >= 11 is 0. The second-order valence-corrected chi connectivity index (χ2v) is 6.15. The van der Waals surface area contributed by atoms with E-state index in [0.29, 0.717) is 22.4 Å². The molecule has 0 radical (unpaired) electrons. The first kappa shape index (κ1) is 17.7. The van der Waals surface area contributed by atoms with Gasteiger partial charge < -0.3 is 14.5 Å². The molecule has 0 saturated carbocycles. The molecular weight excluding hydrogens is 367 g/mol. The Hall–Kier alpha value is -3.75. The van der Waals surface area contributed by atoms with Crippen LogP contribution >= 0.6 is 0 Å². The van der Waals surface area contributed by atoms with Gasteiger partial charge in [0.05, 0.1) is 19.3 Å². The number of halogens is 1. The van der Waals surface area contributed by atoms with Crippen LogP contribution in [0.2, 0.25) is 0 Å². The number of benzene rings is 1. The first-order chi connectivity index (χ1) is 13.5. The summed E-state index contributed by atoms with van der Waals surface area (Å²) in [5.74, 6) is -1.32. The summed E-state index contributed by atoms with van der Waals surface area (Å²) in [7, 11) is 1.20. The van der Waals surface area contributed by atoms with Crippen molar-refractivity contribution in [3.63, 3.8) is 0 Å². The minimum atomic E-state index is -0.709. The average molecular weight is 382 g/mol. The third-order valence-electron chi connectivity index (χ3n) is 4.30. The molecule has 1 N–H and O–H groups in total. The molecule has 1 aromatic carbocycles. The summed E-state index contributed by atoms with van der Waals surface area (Å²) in [5.41, 5.74) is 0.910. The summed E-state index contributed by atoms with van der Waals surface area (Å²) < 4.78 is 25.7. The van der Waals surface area contributed by atoms with E-state index in [0.717, 1.165) is 6.07 Å². The van der Waals surface area contributed by atoms with Crippen molar-refractivity contribution in [2.75, 3.05) is 7.11 Å². The van der Waals surface area contributed by atoms with E-state index in [1.165, 1.54) is 23.9 Å². The fourth-order valence-electron chi connectivity index (χ4n) is 2.94. The quantitative estimate of drug-likeness (QED) is 0.545. The van der Waals surface area contributed by atoms with Crippen LogP contribution in [0.25, 0.3) is 16.6 Å². The van der Waals surface area contributed by atoms with Crippen molar-refractivity contribution in [2.45, 2.75) is 13.0 Å². The lowest BCUT2D eigenvalue weighted by Gasteiger charge is -2.10. The molecule has 142 valence electrons. The zero-order valence-corrected chi connectivity index (χ0v) is 15.0. The van der Waals surface area contributed by atoms with E-state index >= 15 is 0 Å². The largest absolute Gasteiger partial charge is 0.465 e. The van der Waals surface area contributed by atoms with Crippen LogP contribution in [0, 0.1) is 5.82 Å². The number of furan rings is 1. The number of carbonyl (C=O) groups is 2. The van der Waals surface area contributed by atoms with Gasteiger partial charge in [-0.3, -0.25) is 4.79 Å². The molecule has 0 saturated heterocycles. The van der Waals surface area contributed by atoms with Gasteiger partial charge in [0.1, 0.15) is 28.3 Å². The summed E-state index contributed by atoms with van der Waals surface area (Å²) in [6.45, 7) is 1.71. The fraction of sp³-hybridized carbons (Fsp3) is 0.158. The van der Waals surface area contributed by atoms with E-state index in [2.05, 4.69) is 20.1 Å². The number of rotatable bonds is 4. The summed E-state index contributed by atoms with van der Waals surface area (Å²) in [5, 5.41) is 7.27. The molecule has 3 aromatic heterocycles. The highest BCUT2D eigenvalue weighted by Gasteiger charge is 2.22. The SMILES string of the molecule is COC(=O)c1cc(F)cc2cc([C@H](C)NC(=O)c3cnn4cccnc34)oc12. The van der Waals surface area contributed by atoms with Gasteiger partial charge in [-0.2, -0.15) is 5.10 Å². The predicted octanol–water partition coefficient (Wildman–Crippen LogP) is 2.89. The van der Waals surface area contributed by atoms with Crippen molar-refractivity contribution < 1.29 is 23.1 Å². The van der Waals surface area contributed by atoms with E-state index in [4.69, 9.17) is 4.42 Å². The topological polar surface area (TPSA) is 98.7 Å². The number of carbonyl (C=O) groups excluding carboxylic acids is 2. The van der Waals surface area contributed by atoms with Crippen molar-refractivity contribution >= 4 is 28.5 Å². The van der Waals surface area contributed by atoms with E-state index in [1.54, 1.807) is 31.5 Å². The normalized spacial score (nSPS) is 12.2. The maximum atomic E-state index is 13.8. The molecule has 0 fully saturated rings. The molecular formula is C19H15FN4O4. The molecule has 0 bridgehead atoms. The van der Waals surface area contributed by atoms with Gasteiger partial charge in [0.2, 0.25) is 0 Å². The maximum absolute atomic E-state index is 13.8. The average Bonchev–Trinajstić information content (AvgIpc) is 3.30. The Morgan fingerprint density at radius 1 is 1.29 bits per heavy atom. The second kappa shape index (κ2) is 6.76. The van der Waals surface area contributed by atoms with Crippen LogP contribution in [0.15, 0.2) is 47.3 Å². The third-order valence-corrected chi connectivity index (χ3v) is 4.30. The van der Waals surface area contributed by atoms with E-state index in [9.17, 15) is 14.0 Å². The van der Waals surface area contributed by atoms with E-state index in [-0.39, 0.29) is 17.1 Å². The van der Waals surface area contributed by atoms with Crippen LogP contribution in [0.1, 0.15) is 39.4 Å². The highest BCUT2D eigenvalue weighted by atomic mass is 19.1. The van der Waals surface area contributed by atoms with Gasteiger partial charge in [-0.15, -0.1) is 0 Å². The minimum Gasteiger partial charge on any atom is -0.465 e. The standard InChI is InChI=1S/C19H15FN4O4/c1-10(23-18(25)14-9-22-24-5-3-4-21-17(14)24)15-7-11-6-12(20)8-13(16(11)28-15)19(26)27-2/h3-10H,1-2H3,(H,23,25)/t10-/m0/s1. The molecule has 1 amide bonds. The van der Waals surface area contributed by atoms with Gasteiger partial charge in [0, 0.05) is 17.8 Å². The molecule has 3 heterocycles. The molecule has 8 nitrogen and oxygen atoms in total. The fourth-order valence-corrected chi connectivity index (χ4v) is 2.94. The smallest absolute Gasteiger partial charge is 0.341 e. The number of hydrogen-bond donors (Lipinski definition) is 1. The first-order valence-electron chi connectivity index (χ1n) is 8.38. The highest BCUT2D eigenvalue weighted by Crippen LogP contribution is 2.28. The van der Waals surface area contributed by atoms with Crippen LogP contribution in [-0.4, -0.2) is 33.6 Å². The number of hydrogen-bond acceptors (Lipinski definition) is 6. The number of nitrogens with zero attached hydrogens (tertiary/aromatic N) is 3. The molecule has 1 atom stereocenters. The van der Waals surface area contributed by atoms with Gasteiger partial charge in [-0.25, -0.2) is 18.7 Å². The first-order valence-corrected chi connectivity index (χ1v) is 8.38. The Kier molecular flexibility index (Phi) is 4.26. The van der Waals surface area contributed by atoms with Gasteiger partial charge in [-0.05, 0) is 31.2 Å². The molecule has 0 spiro atoms. The molecule has 0 aliphatic heterocycles. The lowest BCUT2D eigenvalue weighted by atomic mass is 10.1. The molecule has 0 aliphatic carbocycles.